The van der Waals surface area contributed by atoms with Gasteiger partial charge in [-0.3, -0.25) is 4.57 Å². The third-order valence-electron chi connectivity index (χ3n) is 2.08. The maximum absolute atomic E-state index is 10.9. The number of carboxylic acids is 1. The van der Waals surface area contributed by atoms with Gasteiger partial charge in [-0.25, -0.2) is 14.8 Å². The summed E-state index contributed by atoms with van der Waals surface area (Å²) in [5, 5.41) is 8.90. The Morgan fingerprint density at radius 3 is 2.80 bits per heavy atom. The van der Waals surface area contributed by atoms with Crippen molar-refractivity contribution in [2.45, 2.75) is 13.5 Å². The average molecular weight is 206 g/mol. The highest BCUT2D eigenvalue weighted by atomic mass is 16.4. The predicted octanol–water partition coefficient (Wildman–Crippen LogP) is 0.787. The van der Waals surface area contributed by atoms with E-state index in [9.17, 15) is 4.79 Å². The van der Waals surface area contributed by atoms with Gasteiger partial charge >= 0.3 is 5.97 Å². The molecule has 6 heteroatoms. The molecule has 0 bridgehead atoms. The maximum Gasteiger partial charge on any atom is 0.372 e. The van der Waals surface area contributed by atoms with E-state index in [-0.39, 0.29) is 5.82 Å². The van der Waals surface area contributed by atoms with Crippen molar-refractivity contribution in [1.29, 1.82) is 0 Å². The summed E-state index contributed by atoms with van der Waals surface area (Å²) in [6.07, 6.45) is 6.45. The van der Waals surface area contributed by atoms with Gasteiger partial charge in [-0.1, -0.05) is 0 Å². The summed E-state index contributed by atoms with van der Waals surface area (Å²) >= 11 is 0. The number of rotatable bonds is 3. The largest absolute Gasteiger partial charge is 0.475 e. The number of carbonyl (C=O) groups is 1. The fourth-order valence-corrected chi connectivity index (χ4v) is 1.39. The number of nitrogens with zero attached hydrogens (tertiary/aromatic N) is 4. The minimum atomic E-state index is -1.06. The lowest BCUT2D eigenvalue weighted by Crippen LogP contribution is -2.12. The van der Waals surface area contributed by atoms with Crippen molar-refractivity contribution in [2.24, 2.45) is 0 Å². The Hall–Kier alpha value is -2.11. The molecule has 1 N–H and O–H groups in total. The zero-order chi connectivity index (χ0) is 10.8. The van der Waals surface area contributed by atoms with Crippen molar-refractivity contribution >= 4 is 5.97 Å². The Morgan fingerprint density at radius 1 is 1.40 bits per heavy atom. The molecule has 0 saturated carbocycles. The minimum Gasteiger partial charge on any atom is -0.475 e. The molecule has 0 unspecified atom stereocenters. The fourth-order valence-electron chi connectivity index (χ4n) is 1.39. The van der Waals surface area contributed by atoms with E-state index in [1.165, 1.54) is 10.8 Å². The van der Waals surface area contributed by atoms with Gasteiger partial charge in [0.05, 0.1) is 0 Å². The number of hydrogen-bond acceptors (Lipinski definition) is 3. The molecule has 78 valence electrons. The first-order valence-corrected chi connectivity index (χ1v) is 4.52. The second kappa shape index (κ2) is 3.56. The van der Waals surface area contributed by atoms with Crippen LogP contribution in [-0.2, 0) is 6.54 Å². The lowest BCUT2D eigenvalue weighted by atomic mass is 10.6. The Morgan fingerprint density at radius 2 is 2.13 bits per heavy atom. The number of imidazole rings is 2. The number of hydrogen-bond donors (Lipinski definition) is 1. The minimum absolute atomic E-state index is 0.0316. The van der Waals surface area contributed by atoms with E-state index < -0.39 is 5.97 Å². The van der Waals surface area contributed by atoms with Crippen molar-refractivity contribution in [1.82, 2.24) is 19.1 Å². The van der Waals surface area contributed by atoms with Crippen LogP contribution in [0.25, 0.3) is 5.95 Å². The maximum atomic E-state index is 10.9. The van der Waals surface area contributed by atoms with Crippen molar-refractivity contribution in [3.8, 4) is 5.95 Å². The lowest BCUT2D eigenvalue weighted by Gasteiger charge is -2.06. The van der Waals surface area contributed by atoms with Gasteiger partial charge in [0, 0.05) is 31.3 Å². The highest BCUT2D eigenvalue weighted by molar-refractivity contribution is 5.84. The van der Waals surface area contributed by atoms with Crippen LogP contribution in [0.4, 0.5) is 0 Å². The van der Waals surface area contributed by atoms with E-state index in [4.69, 9.17) is 5.11 Å². The van der Waals surface area contributed by atoms with Gasteiger partial charge in [-0.05, 0) is 6.92 Å². The van der Waals surface area contributed by atoms with E-state index in [0.29, 0.717) is 5.95 Å². The van der Waals surface area contributed by atoms with Crippen LogP contribution < -0.4 is 0 Å². The third-order valence-corrected chi connectivity index (χ3v) is 2.08. The van der Waals surface area contributed by atoms with E-state index in [0.717, 1.165) is 6.54 Å². The standard InChI is InChI=1S/C9H10N4O2/c1-2-12-5-3-11-9(12)13-6-4-10-7(13)8(14)15/h3-6H,2H2,1H3,(H,14,15). The van der Waals surface area contributed by atoms with Gasteiger partial charge in [-0.15, -0.1) is 0 Å². The first kappa shape index (κ1) is 9.45. The fraction of sp³-hybridized carbons (Fsp3) is 0.222. The second-order valence-electron chi connectivity index (χ2n) is 2.94. The number of carboxylic acid groups (broad SMARTS) is 1. The van der Waals surface area contributed by atoms with Crippen LogP contribution in [0, 0.1) is 0 Å². The van der Waals surface area contributed by atoms with E-state index in [2.05, 4.69) is 9.97 Å². The Bertz CT molecular complexity index is 486. The summed E-state index contributed by atoms with van der Waals surface area (Å²) in [6, 6.07) is 0. The van der Waals surface area contributed by atoms with E-state index in [1.54, 1.807) is 18.6 Å². The van der Waals surface area contributed by atoms with Gasteiger partial charge in [0.15, 0.2) is 0 Å². The number of aromatic carboxylic acids is 1. The molecule has 0 atom stereocenters. The van der Waals surface area contributed by atoms with Crippen LogP contribution in [0.5, 0.6) is 0 Å². The molecule has 2 rings (SSSR count). The zero-order valence-electron chi connectivity index (χ0n) is 8.16. The van der Waals surface area contributed by atoms with Gasteiger partial charge in [-0.2, -0.15) is 0 Å². The van der Waals surface area contributed by atoms with Crippen LogP contribution in [0.2, 0.25) is 0 Å². The van der Waals surface area contributed by atoms with Gasteiger partial charge in [0.1, 0.15) is 0 Å². The highest BCUT2D eigenvalue weighted by Gasteiger charge is 2.14. The van der Waals surface area contributed by atoms with Crippen molar-refractivity contribution < 1.29 is 9.90 Å². The Labute approximate surface area is 85.8 Å². The second-order valence-corrected chi connectivity index (χ2v) is 2.94. The molecule has 0 aliphatic heterocycles. The van der Waals surface area contributed by atoms with Crippen LogP contribution >= 0.6 is 0 Å². The first-order valence-electron chi connectivity index (χ1n) is 4.52. The topological polar surface area (TPSA) is 72.9 Å². The highest BCUT2D eigenvalue weighted by Crippen LogP contribution is 2.08. The molecule has 0 aliphatic carbocycles. The van der Waals surface area contributed by atoms with Crippen molar-refractivity contribution in [3.05, 3.63) is 30.6 Å². The number of aromatic nitrogens is 4. The van der Waals surface area contributed by atoms with Crippen LogP contribution in [-0.4, -0.2) is 30.2 Å². The van der Waals surface area contributed by atoms with Crippen LogP contribution in [0.3, 0.4) is 0 Å². The van der Waals surface area contributed by atoms with Gasteiger partial charge in [0.2, 0.25) is 11.8 Å². The quantitative estimate of drug-likeness (QED) is 0.805. The molecule has 2 aromatic rings. The molecule has 2 heterocycles. The first-order chi connectivity index (χ1) is 7.24. The summed E-state index contributed by atoms with van der Waals surface area (Å²) in [5.74, 6) is -0.533. The molecular formula is C9H10N4O2. The molecule has 0 saturated heterocycles. The molecule has 0 aromatic carbocycles. The molecule has 0 amide bonds. The molecular weight excluding hydrogens is 196 g/mol. The Kier molecular flexibility index (Phi) is 2.24. The molecule has 2 aromatic heterocycles. The molecule has 15 heavy (non-hydrogen) atoms. The van der Waals surface area contributed by atoms with Gasteiger partial charge in [0.25, 0.3) is 0 Å². The van der Waals surface area contributed by atoms with Crippen molar-refractivity contribution in [3.63, 3.8) is 0 Å². The number of aryl methyl sites for hydroxylation is 1. The summed E-state index contributed by atoms with van der Waals surface area (Å²) in [7, 11) is 0. The SMILES string of the molecule is CCn1ccnc1-n1ccnc1C(=O)O. The molecule has 0 radical (unpaired) electrons. The monoisotopic (exact) mass is 206 g/mol. The average Bonchev–Trinajstić information content (AvgIpc) is 2.85. The van der Waals surface area contributed by atoms with E-state index >= 15 is 0 Å². The zero-order valence-corrected chi connectivity index (χ0v) is 8.16. The van der Waals surface area contributed by atoms with E-state index in [1.807, 2.05) is 11.5 Å². The Balaban J connectivity index is 2.54. The van der Waals surface area contributed by atoms with Crippen molar-refractivity contribution in [2.75, 3.05) is 0 Å². The normalized spacial score (nSPS) is 10.5. The molecule has 6 nitrogen and oxygen atoms in total. The summed E-state index contributed by atoms with van der Waals surface area (Å²) < 4.78 is 3.29. The summed E-state index contributed by atoms with van der Waals surface area (Å²) in [4.78, 5) is 18.7. The third kappa shape index (κ3) is 1.50. The van der Waals surface area contributed by atoms with Crippen LogP contribution in [0.15, 0.2) is 24.8 Å². The summed E-state index contributed by atoms with van der Waals surface area (Å²) in [5.41, 5.74) is 0. The predicted molar refractivity (Wildman–Crippen MR) is 52.0 cm³/mol. The molecule has 0 spiro atoms. The summed E-state index contributed by atoms with van der Waals surface area (Å²) in [6.45, 7) is 2.69. The molecule has 0 fully saturated rings. The van der Waals surface area contributed by atoms with Gasteiger partial charge < -0.3 is 9.67 Å². The smallest absolute Gasteiger partial charge is 0.372 e. The lowest BCUT2D eigenvalue weighted by molar-refractivity contribution is 0.0681. The van der Waals surface area contributed by atoms with Crippen LogP contribution in [0.1, 0.15) is 17.5 Å². The molecule has 0 aliphatic rings.